The molecule has 1 N–H and O–H groups in total. The molecule has 0 aliphatic heterocycles. The van der Waals surface area contributed by atoms with Gasteiger partial charge in [0, 0.05) is 31.6 Å². The number of thioether (sulfide) groups is 1. The summed E-state index contributed by atoms with van der Waals surface area (Å²) in [6.45, 7) is 8.31. The Kier molecular flexibility index (Phi) is 14.2. The first-order valence-electron chi connectivity index (χ1n) is 9.73. The van der Waals surface area contributed by atoms with Gasteiger partial charge in [-0.15, -0.1) is 0 Å². The summed E-state index contributed by atoms with van der Waals surface area (Å²) in [7, 11) is 3.89. The second-order valence-electron chi connectivity index (χ2n) is 7.29. The zero-order valence-corrected chi connectivity index (χ0v) is 19.3. The highest BCUT2D eigenvalue weighted by atomic mass is 32.2. The van der Waals surface area contributed by atoms with E-state index in [1.54, 1.807) is 0 Å². The third kappa shape index (κ3) is 11.1. The molecule has 158 valence electrons. The lowest BCUT2D eigenvalue weighted by Gasteiger charge is -2.21. The predicted octanol–water partition coefficient (Wildman–Crippen LogP) is 4.47. The van der Waals surface area contributed by atoms with Crippen LogP contribution in [0.2, 0.25) is 0 Å². The van der Waals surface area contributed by atoms with Crippen LogP contribution in [-0.4, -0.2) is 51.2 Å². The van der Waals surface area contributed by atoms with E-state index in [2.05, 4.69) is 54.3 Å². The van der Waals surface area contributed by atoms with Gasteiger partial charge in [0.05, 0.1) is 6.34 Å². The van der Waals surface area contributed by atoms with Gasteiger partial charge in [-0.3, -0.25) is 9.79 Å². The van der Waals surface area contributed by atoms with E-state index in [1.165, 1.54) is 41.4 Å². The fourth-order valence-electron chi connectivity index (χ4n) is 2.46. The minimum absolute atomic E-state index is 0.280. The number of carbonyl (C=O) groups excluding carboxylic acids is 2. The highest BCUT2D eigenvalue weighted by Gasteiger charge is 2.24. The fraction of sp³-hybridized carbons (Fsp3) is 0.591. The molecule has 6 heteroatoms. The van der Waals surface area contributed by atoms with Gasteiger partial charge >= 0.3 is 0 Å². The number of nitrogens with one attached hydrogen (secondary N) is 1. The van der Waals surface area contributed by atoms with Crippen molar-refractivity contribution >= 4 is 36.5 Å². The quantitative estimate of drug-likeness (QED) is 0.392. The molecule has 1 aliphatic rings. The number of nitrogens with zero attached hydrogens (tertiary/aromatic N) is 2. The maximum Gasteiger partial charge on any atom is 0.207 e. The summed E-state index contributed by atoms with van der Waals surface area (Å²) in [5, 5.41) is 2.53. The maximum absolute atomic E-state index is 9.50. The first-order chi connectivity index (χ1) is 13.3. The van der Waals surface area contributed by atoms with Gasteiger partial charge in [-0.1, -0.05) is 26.0 Å². The molecule has 2 rings (SSSR count). The number of aliphatic imine (C=N–C) groups is 1. The normalized spacial score (nSPS) is 12.8. The molecule has 5 nitrogen and oxygen atoms in total. The first-order valence-corrected chi connectivity index (χ1v) is 11.1. The molecule has 1 fully saturated rings. The Morgan fingerprint density at radius 1 is 1.25 bits per heavy atom. The molecule has 1 saturated carbocycles. The largest absolute Gasteiger partial charge is 0.357 e. The molecular formula is C22H37N3O2S. The molecule has 1 aliphatic carbocycles. The minimum atomic E-state index is 0.280. The molecule has 1 aromatic carbocycles. The average Bonchev–Trinajstić information content (AvgIpc) is 3.48. The summed E-state index contributed by atoms with van der Waals surface area (Å²) in [4.78, 5) is 25.1. The zero-order valence-electron chi connectivity index (χ0n) is 18.4. The summed E-state index contributed by atoms with van der Waals surface area (Å²) in [6, 6.07) is 7.21. The van der Waals surface area contributed by atoms with Crippen LogP contribution in [0.15, 0.2) is 23.2 Å². The Morgan fingerprint density at radius 2 is 1.89 bits per heavy atom. The molecule has 0 atom stereocenters. The van der Waals surface area contributed by atoms with E-state index in [9.17, 15) is 9.59 Å². The first kappa shape index (κ1) is 26.2. The van der Waals surface area contributed by atoms with Crippen LogP contribution >= 0.6 is 11.8 Å². The average molecular weight is 408 g/mol. The van der Waals surface area contributed by atoms with Crippen LogP contribution in [0, 0.1) is 0 Å². The van der Waals surface area contributed by atoms with E-state index in [0.717, 1.165) is 12.2 Å². The minimum Gasteiger partial charge on any atom is -0.357 e. The van der Waals surface area contributed by atoms with Crippen LogP contribution in [0.4, 0.5) is 5.69 Å². The van der Waals surface area contributed by atoms with Crippen molar-refractivity contribution in [2.45, 2.75) is 58.4 Å². The number of benzene rings is 1. The molecule has 0 heterocycles. The highest BCUT2D eigenvalue weighted by molar-refractivity contribution is 7.99. The van der Waals surface area contributed by atoms with Crippen molar-refractivity contribution in [1.29, 1.82) is 0 Å². The number of hydrogen-bond acceptors (Lipinski definition) is 4. The molecule has 28 heavy (non-hydrogen) atoms. The molecule has 0 aromatic heterocycles. The molecule has 0 spiro atoms. The summed E-state index contributed by atoms with van der Waals surface area (Å²) in [5.41, 5.74) is 4.19. The summed E-state index contributed by atoms with van der Waals surface area (Å²) < 4.78 is 0. The van der Waals surface area contributed by atoms with Crippen LogP contribution in [0.25, 0.3) is 0 Å². The lowest BCUT2D eigenvalue weighted by atomic mass is 9.97. The Labute approximate surface area is 175 Å². The topological polar surface area (TPSA) is 61.8 Å². The number of carbonyl (C=O) groups is 2. The van der Waals surface area contributed by atoms with Gasteiger partial charge in [-0.25, -0.2) is 0 Å². The lowest BCUT2D eigenvalue weighted by Crippen LogP contribution is -2.19. The molecule has 1 aromatic rings. The Bertz CT molecular complexity index is 599. The van der Waals surface area contributed by atoms with Crippen molar-refractivity contribution in [3.05, 3.63) is 29.3 Å². The summed E-state index contributed by atoms with van der Waals surface area (Å²) in [6.07, 6.45) is 8.08. The van der Waals surface area contributed by atoms with E-state index >= 15 is 0 Å². The van der Waals surface area contributed by atoms with Gasteiger partial charge in [0.15, 0.2) is 0 Å². The number of aldehydes is 1. The van der Waals surface area contributed by atoms with Crippen molar-refractivity contribution < 1.29 is 9.59 Å². The second kappa shape index (κ2) is 15.1. The Hall–Kier alpha value is -1.82. The number of anilines is 1. The lowest BCUT2D eigenvalue weighted by molar-refractivity contribution is -0.110. The third-order valence-corrected chi connectivity index (χ3v) is 4.50. The third-order valence-electron chi connectivity index (χ3n) is 4.03. The smallest absolute Gasteiger partial charge is 0.207 e. The predicted molar refractivity (Wildman–Crippen MR) is 124 cm³/mol. The van der Waals surface area contributed by atoms with Crippen LogP contribution in [0.3, 0.4) is 0 Å². The molecule has 0 radical (unpaired) electrons. The highest BCUT2D eigenvalue weighted by Crippen LogP contribution is 2.42. The van der Waals surface area contributed by atoms with Gasteiger partial charge in [-0.2, -0.15) is 11.8 Å². The number of rotatable bonds is 8. The number of hydrogen-bond donors (Lipinski definition) is 1. The molecule has 0 unspecified atom stereocenters. The van der Waals surface area contributed by atoms with Gasteiger partial charge < -0.3 is 15.0 Å². The van der Waals surface area contributed by atoms with Gasteiger partial charge in [0.1, 0.15) is 6.29 Å². The Balaban J connectivity index is 0.000000550. The van der Waals surface area contributed by atoms with Crippen LogP contribution in [0.1, 0.15) is 63.5 Å². The van der Waals surface area contributed by atoms with Crippen LogP contribution in [0.5, 0.6) is 0 Å². The van der Waals surface area contributed by atoms with Crippen molar-refractivity contribution in [3.8, 4) is 0 Å². The molecule has 0 bridgehead atoms. The zero-order chi connectivity index (χ0) is 21.5. The Morgan fingerprint density at radius 3 is 2.21 bits per heavy atom. The summed E-state index contributed by atoms with van der Waals surface area (Å²) >= 11 is 1.53. The second-order valence-corrected chi connectivity index (χ2v) is 8.20. The van der Waals surface area contributed by atoms with E-state index in [-0.39, 0.29) is 6.04 Å². The monoisotopic (exact) mass is 407 g/mol. The van der Waals surface area contributed by atoms with Crippen molar-refractivity contribution in [2.24, 2.45) is 4.99 Å². The van der Waals surface area contributed by atoms with E-state index in [1.807, 2.05) is 33.5 Å². The molecule has 1 amide bonds. The SMILES string of the molecule is CC(C)NC=O.CN=CN(C)c1cc(C2CC2)ccc1C(C)C.CSCC=O. The van der Waals surface area contributed by atoms with Crippen molar-refractivity contribution in [2.75, 3.05) is 31.0 Å². The molecular weight excluding hydrogens is 370 g/mol. The van der Waals surface area contributed by atoms with E-state index < -0.39 is 0 Å². The molecule has 0 saturated heterocycles. The van der Waals surface area contributed by atoms with Crippen molar-refractivity contribution in [1.82, 2.24) is 5.32 Å². The maximum atomic E-state index is 9.50. The van der Waals surface area contributed by atoms with Gasteiger partial charge in [-0.05, 0) is 62.0 Å². The van der Waals surface area contributed by atoms with Crippen molar-refractivity contribution in [3.63, 3.8) is 0 Å². The standard InChI is InChI=1S/C15H22N2.C4H9NO.C3H6OS/c1-11(2)14-8-7-13(12-5-6-12)9-15(14)17(4)10-16-3;1-4(2)5-3-6;1-5-3-2-4/h7-12H,5-6H2,1-4H3;3-4H,1-2H3,(H,5,6);2H,3H2,1H3. The van der Waals surface area contributed by atoms with Crippen LogP contribution in [-0.2, 0) is 9.59 Å². The number of amides is 1. The fourth-order valence-corrected chi connectivity index (χ4v) is 2.60. The van der Waals surface area contributed by atoms with Gasteiger partial charge in [0.2, 0.25) is 6.41 Å². The van der Waals surface area contributed by atoms with Gasteiger partial charge in [0.25, 0.3) is 0 Å². The van der Waals surface area contributed by atoms with Crippen LogP contribution < -0.4 is 10.2 Å². The van der Waals surface area contributed by atoms with E-state index in [0.29, 0.717) is 18.1 Å². The van der Waals surface area contributed by atoms with E-state index in [4.69, 9.17) is 0 Å². The summed E-state index contributed by atoms with van der Waals surface area (Å²) in [5.74, 6) is 1.98.